The lowest BCUT2D eigenvalue weighted by Crippen LogP contribution is -2.42. The van der Waals surface area contributed by atoms with Gasteiger partial charge < -0.3 is 5.32 Å². The maximum atomic E-state index is 3.52. The highest BCUT2D eigenvalue weighted by molar-refractivity contribution is 5.19. The van der Waals surface area contributed by atoms with Crippen molar-refractivity contribution in [1.29, 1.82) is 0 Å². The zero-order valence-corrected chi connectivity index (χ0v) is 13.9. The summed E-state index contributed by atoms with van der Waals surface area (Å²) in [4.78, 5) is 5.17. The second-order valence-electron chi connectivity index (χ2n) is 6.10. The Labute approximate surface area is 130 Å². The van der Waals surface area contributed by atoms with Crippen LogP contribution in [0.3, 0.4) is 0 Å². The highest BCUT2D eigenvalue weighted by atomic mass is 15.2. The topological polar surface area (TPSA) is 18.5 Å². The molecule has 0 saturated carbocycles. The molecule has 1 fully saturated rings. The Morgan fingerprint density at radius 2 is 2.05 bits per heavy atom. The van der Waals surface area contributed by atoms with E-state index in [9.17, 15) is 0 Å². The smallest absolute Gasteiger partial charge is 0.0470 e. The van der Waals surface area contributed by atoms with Crippen molar-refractivity contribution in [2.75, 3.05) is 39.8 Å². The van der Waals surface area contributed by atoms with Gasteiger partial charge in [0.05, 0.1) is 0 Å². The van der Waals surface area contributed by atoms with E-state index in [-0.39, 0.29) is 0 Å². The van der Waals surface area contributed by atoms with E-state index in [0.717, 1.165) is 19.1 Å². The van der Waals surface area contributed by atoms with Gasteiger partial charge in [-0.2, -0.15) is 0 Å². The summed E-state index contributed by atoms with van der Waals surface area (Å²) in [5, 5.41) is 3.52. The SMILES string of the molecule is CCNCC(c1ccccc1)N(C)CC1CCCN1CC. The molecule has 1 aromatic carbocycles. The fraction of sp³-hybridized carbons (Fsp3) is 0.667. The van der Waals surface area contributed by atoms with E-state index in [0.29, 0.717) is 6.04 Å². The first-order valence-corrected chi connectivity index (χ1v) is 8.46. The first kappa shape index (κ1) is 16.5. The summed E-state index contributed by atoms with van der Waals surface area (Å²) < 4.78 is 0. The van der Waals surface area contributed by atoms with Crippen LogP contribution in [0.1, 0.15) is 38.3 Å². The molecule has 0 radical (unpaired) electrons. The molecule has 1 aliphatic heterocycles. The summed E-state index contributed by atoms with van der Waals surface area (Å²) in [6, 6.07) is 12.1. The zero-order chi connectivity index (χ0) is 15.1. The van der Waals surface area contributed by atoms with Gasteiger partial charge in [-0.05, 0) is 45.1 Å². The number of nitrogens with one attached hydrogen (secondary N) is 1. The van der Waals surface area contributed by atoms with Gasteiger partial charge in [-0.3, -0.25) is 9.80 Å². The maximum absolute atomic E-state index is 3.52. The molecule has 3 nitrogen and oxygen atoms in total. The van der Waals surface area contributed by atoms with Gasteiger partial charge in [-0.1, -0.05) is 44.2 Å². The second-order valence-corrected chi connectivity index (χ2v) is 6.10. The molecule has 1 heterocycles. The molecular weight excluding hydrogens is 258 g/mol. The van der Waals surface area contributed by atoms with Crippen LogP contribution >= 0.6 is 0 Å². The molecular formula is C18H31N3. The van der Waals surface area contributed by atoms with E-state index in [1.165, 1.54) is 38.0 Å². The Hall–Kier alpha value is -0.900. The maximum Gasteiger partial charge on any atom is 0.0470 e. The van der Waals surface area contributed by atoms with E-state index in [1.807, 2.05) is 0 Å². The Kier molecular flexibility index (Phi) is 6.68. The molecule has 1 aromatic rings. The quantitative estimate of drug-likeness (QED) is 0.794. The molecule has 2 unspecified atom stereocenters. The summed E-state index contributed by atoms with van der Waals surface area (Å²) in [6.45, 7) is 10.1. The van der Waals surface area contributed by atoms with Gasteiger partial charge >= 0.3 is 0 Å². The van der Waals surface area contributed by atoms with Crippen molar-refractivity contribution >= 4 is 0 Å². The summed E-state index contributed by atoms with van der Waals surface area (Å²) in [5.41, 5.74) is 1.42. The Morgan fingerprint density at radius 3 is 2.71 bits per heavy atom. The van der Waals surface area contributed by atoms with Crippen LogP contribution in [-0.4, -0.2) is 55.6 Å². The van der Waals surface area contributed by atoms with Gasteiger partial charge in [0.25, 0.3) is 0 Å². The monoisotopic (exact) mass is 289 g/mol. The summed E-state index contributed by atoms with van der Waals surface area (Å²) in [6.07, 6.45) is 2.70. The predicted octanol–water partition coefficient (Wildman–Crippen LogP) is 2.75. The minimum Gasteiger partial charge on any atom is -0.315 e. The normalized spacial score (nSPS) is 21.0. The molecule has 21 heavy (non-hydrogen) atoms. The predicted molar refractivity (Wildman–Crippen MR) is 90.6 cm³/mol. The molecule has 2 rings (SSSR count). The van der Waals surface area contributed by atoms with E-state index < -0.39 is 0 Å². The highest BCUT2D eigenvalue weighted by Gasteiger charge is 2.26. The summed E-state index contributed by atoms with van der Waals surface area (Å²) in [5.74, 6) is 0. The van der Waals surface area contributed by atoms with Crippen molar-refractivity contribution in [3.8, 4) is 0 Å². The van der Waals surface area contributed by atoms with Crippen molar-refractivity contribution in [2.45, 2.75) is 38.8 Å². The lowest BCUT2D eigenvalue weighted by atomic mass is 10.0. The second kappa shape index (κ2) is 8.52. The molecule has 0 aliphatic carbocycles. The Balaban J connectivity index is 2.02. The standard InChI is InChI=1S/C18H31N3/c1-4-19-14-18(16-10-7-6-8-11-16)20(3)15-17-12-9-13-21(17)5-2/h6-8,10-11,17-19H,4-5,9,12-15H2,1-3H3. The fourth-order valence-corrected chi connectivity index (χ4v) is 3.46. The minimum absolute atomic E-state index is 0.463. The molecule has 1 saturated heterocycles. The van der Waals surface area contributed by atoms with Crippen molar-refractivity contribution in [3.05, 3.63) is 35.9 Å². The third-order valence-corrected chi connectivity index (χ3v) is 4.71. The average Bonchev–Trinajstić information content (AvgIpc) is 2.96. The van der Waals surface area contributed by atoms with Crippen LogP contribution in [0.4, 0.5) is 0 Å². The summed E-state index contributed by atoms with van der Waals surface area (Å²) >= 11 is 0. The molecule has 1 N–H and O–H groups in total. The van der Waals surface area contributed by atoms with Crippen LogP contribution in [-0.2, 0) is 0 Å². The molecule has 0 amide bonds. The lowest BCUT2D eigenvalue weighted by molar-refractivity contribution is 0.161. The van der Waals surface area contributed by atoms with Crippen LogP contribution in [0.5, 0.6) is 0 Å². The highest BCUT2D eigenvalue weighted by Crippen LogP contribution is 2.23. The van der Waals surface area contributed by atoms with Gasteiger partial charge in [-0.25, -0.2) is 0 Å². The number of nitrogens with zero attached hydrogens (tertiary/aromatic N) is 2. The number of benzene rings is 1. The minimum atomic E-state index is 0.463. The third kappa shape index (κ3) is 4.53. The van der Waals surface area contributed by atoms with Crippen LogP contribution in [0, 0.1) is 0 Å². The number of hydrogen-bond donors (Lipinski definition) is 1. The Morgan fingerprint density at radius 1 is 1.29 bits per heavy atom. The van der Waals surface area contributed by atoms with Crippen molar-refractivity contribution in [1.82, 2.24) is 15.1 Å². The van der Waals surface area contributed by atoms with Crippen LogP contribution in [0.2, 0.25) is 0 Å². The van der Waals surface area contributed by atoms with Crippen molar-refractivity contribution in [2.24, 2.45) is 0 Å². The van der Waals surface area contributed by atoms with E-state index in [4.69, 9.17) is 0 Å². The molecule has 0 bridgehead atoms. The summed E-state index contributed by atoms with van der Waals surface area (Å²) in [7, 11) is 2.28. The largest absolute Gasteiger partial charge is 0.315 e. The van der Waals surface area contributed by atoms with Crippen molar-refractivity contribution < 1.29 is 0 Å². The van der Waals surface area contributed by atoms with Gasteiger partial charge in [0.2, 0.25) is 0 Å². The number of rotatable bonds is 8. The number of likely N-dealkylation sites (tertiary alicyclic amines) is 1. The van der Waals surface area contributed by atoms with Crippen LogP contribution in [0.25, 0.3) is 0 Å². The lowest BCUT2D eigenvalue weighted by Gasteiger charge is -2.33. The van der Waals surface area contributed by atoms with Gasteiger partial charge in [0.1, 0.15) is 0 Å². The number of likely N-dealkylation sites (N-methyl/N-ethyl adjacent to an activating group) is 3. The Bertz CT molecular complexity index is 393. The van der Waals surface area contributed by atoms with E-state index in [1.54, 1.807) is 0 Å². The molecule has 118 valence electrons. The van der Waals surface area contributed by atoms with Gasteiger partial charge in [-0.15, -0.1) is 0 Å². The van der Waals surface area contributed by atoms with E-state index >= 15 is 0 Å². The number of hydrogen-bond acceptors (Lipinski definition) is 3. The molecule has 0 aromatic heterocycles. The van der Waals surface area contributed by atoms with Crippen LogP contribution < -0.4 is 5.32 Å². The average molecular weight is 289 g/mol. The van der Waals surface area contributed by atoms with E-state index in [2.05, 4.69) is 66.3 Å². The zero-order valence-electron chi connectivity index (χ0n) is 13.9. The third-order valence-electron chi connectivity index (χ3n) is 4.71. The molecule has 2 atom stereocenters. The fourth-order valence-electron chi connectivity index (χ4n) is 3.46. The van der Waals surface area contributed by atoms with Crippen LogP contribution in [0.15, 0.2) is 30.3 Å². The first-order chi connectivity index (χ1) is 10.3. The molecule has 3 heteroatoms. The first-order valence-electron chi connectivity index (χ1n) is 8.46. The van der Waals surface area contributed by atoms with Gasteiger partial charge in [0.15, 0.2) is 0 Å². The van der Waals surface area contributed by atoms with Crippen molar-refractivity contribution in [3.63, 3.8) is 0 Å². The molecule has 0 spiro atoms. The van der Waals surface area contributed by atoms with Gasteiger partial charge in [0, 0.05) is 25.2 Å². The molecule has 1 aliphatic rings.